The molecule has 0 aliphatic carbocycles. The Morgan fingerprint density at radius 1 is 1.25 bits per heavy atom. The number of hydrogen-bond acceptors (Lipinski definition) is 4. The number of nitrogens with zero attached hydrogens (tertiary/aromatic N) is 1. The van der Waals surface area contributed by atoms with Gasteiger partial charge in [0, 0.05) is 26.1 Å². The minimum atomic E-state index is 0.0608. The summed E-state index contributed by atoms with van der Waals surface area (Å²) < 4.78 is 5.61. The van der Waals surface area contributed by atoms with Crippen molar-refractivity contribution in [2.24, 2.45) is 0 Å². The molecule has 1 aromatic carbocycles. The first-order valence-corrected chi connectivity index (χ1v) is 6.89. The van der Waals surface area contributed by atoms with Crippen molar-refractivity contribution in [2.75, 3.05) is 40.8 Å². The lowest BCUT2D eigenvalue weighted by Gasteiger charge is -2.11. The molecule has 0 radical (unpaired) electrons. The third-order valence-electron chi connectivity index (χ3n) is 2.82. The van der Waals surface area contributed by atoms with Crippen LogP contribution in [0, 0.1) is 0 Å². The van der Waals surface area contributed by atoms with Crippen LogP contribution in [0.2, 0.25) is 0 Å². The third-order valence-corrected chi connectivity index (χ3v) is 2.82. The molecule has 112 valence electrons. The van der Waals surface area contributed by atoms with Crippen molar-refractivity contribution in [1.82, 2.24) is 15.5 Å². The Morgan fingerprint density at radius 2 is 1.95 bits per heavy atom. The molecule has 2 N–H and O–H groups in total. The summed E-state index contributed by atoms with van der Waals surface area (Å²) in [7, 11) is 5.87. The first-order valence-electron chi connectivity index (χ1n) is 6.89. The van der Waals surface area contributed by atoms with Crippen LogP contribution in [0.3, 0.4) is 0 Å². The Bertz CT molecular complexity index is 391. The van der Waals surface area contributed by atoms with Gasteiger partial charge in [0.25, 0.3) is 0 Å². The minimum absolute atomic E-state index is 0.0608. The Hall–Kier alpha value is -1.59. The highest BCUT2D eigenvalue weighted by atomic mass is 16.5. The SMILES string of the molecule is CNCCC(=O)NCc1ccc(OCCN(C)C)cc1. The second-order valence-electron chi connectivity index (χ2n) is 4.93. The van der Waals surface area contributed by atoms with E-state index in [0.717, 1.165) is 17.9 Å². The number of benzene rings is 1. The largest absolute Gasteiger partial charge is 0.492 e. The predicted octanol–water partition coefficient (Wildman–Crippen LogP) is 0.853. The average molecular weight is 279 g/mol. The Kier molecular flexibility index (Phi) is 7.69. The van der Waals surface area contributed by atoms with Crippen molar-refractivity contribution in [3.05, 3.63) is 29.8 Å². The van der Waals surface area contributed by atoms with E-state index < -0.39 is 0 Å². The van der Waals surface area contributed by atoms with Gasteiger partial charge in [-0.25, -0.2) is 0 Å². The number of likely N-dealkylation sites (N-methyl/N-ethyl adjacent to an activating group) is 1. The Morgan fingerprint density at radius 3 is 2.55 bits per heavy atom. The highest BCUT2D eigenvalue weighted by Crippen LogP contribution is 2.12. The lowest BCUT2D eigenvalue weighted by Crippen LogP contribution is -2.26. The maximum absolute atomic E-state index is 11.5. The van der Waals surface area contributed by atoms with Gasteiger partial charge in [0.1, 0.15) is 12.4 Å². The molecule has 0 spiro atoms. The molecule has 1 rings (SSSR count). The van der Waals surface area contributed by atoms with E-state index in [4.69, 9.17) is 4.74 Å². The summed E-state index contributed by atoms with van der Waals surface area (Å²) in [6.07, 6.45) is 0.502. The molecule has 1 amide bonds. The van der Waals surface area contributed by atoms with Crippen LogP contribution in [-0.2, 0) is 11.3 Å². The number of carbonyl (C=O) groups is 1. The van der Waals surface area contributed by atoms with Crippen molar-refractivity contribution in [1.29, 1.82) is 0 Å². The van der Waals surface area contributed by atoms with Crippen LogP contribution in [0.5, 0.6) is 5.75 Å². The maximum Gasteiger partial charge on any atom is 0.221 e. The minimum Gasteiger partial charge on any atom is -0.492 e. The second kappa shape index (κ2) is 9.34. The van der Waals surface area contributed by atoms with Gasteiger partial charge < -0.3 is 20.3 Å². The highest BCUT2D eigenvalue weighted by Gasteiger charge is 2.01. The number of hydrogen-bond donors (Lipinski definition) is 2. The fourth-order valence-corrected chi connectivity index (χ4v) is 1.58. The summed E-state index contributed by atoms with van der Waals surface area (Å²) in [6.45, 7) is 2.82. The quantitative estimate of drug-likeness (QED) is 0.704. The smallest absolute Gasteiger partial charge is 0.221 e. The summed E-state index contributed by atoms with van der Waals surface area (Å²) >= 11 is 0. The van der Waals surface area contributed by atoms with Crippen LogP contribution < -0.4 is 15.4 Å². The fraction of sp³-hybridized carbons (Fsp3) is 0.533. The maximum atomic E-state index is 11.5. The van der Waals surface area contributed by atoms with Gasteiger partial charge >= 0.3 is 0 Å². The van der Waals surface area contributed by atoms with Gasteiger partial charge in [0.15, 0.2) is 0 Å². The van der Waals surface area contributed by atoms with Crippen molar-refractivity contribution in [3.8, 4) is 5.75 Å². The van der Waals surface area contributed by atoms with Gasteiger partial charge in [0.2, 0.25) is 5.91 Å². The molecule has 0 unspecified atom stereocenters. The van der Waals surface area contributed by atoms with Crippen molar-refractivity contribution in [3.63, 3.8) is 0 Å². The number of rotatable bonds is 9. The number of ether oxygens (including phenoxy) is 1. The van der Waals surface area contributed by atoms with E-state index in [0.29, 0.717) is 26.1 Å². The van der Waals surface area contributed by atoms with E-state index in [1.807, 2.05) is 45.4 Å². The molecule has 0 aliphatic heterocycles. The van der Waals surface area contributed by atoms with Crippen LogP contribution in [0.15, 0.2) is 24.3 Å². The zero-order valence-corrected chi connectivity index (χ0v) is 12.6. The molecular formula is C15H25N3O2. The molecule has 0 aliphatic rings. The van der Waals surface area contributed by atoms with Gasteiger partial charge in [-0.3, -0.25) is 4.79 Å². The molecule has 0 fully saturated rings. The molecule has 20 heavy (non-hydrogen) atoms. The van der Waals surface area contributed by atoms with Crippen LogP contribution in [-0.4, -0.2) is 51.6 Å². The van der Waals surface area contributed by atoms with Gasteiger partial charge in [-0.1, -0.05) is 12.1 Å². The Labute approximate surface area is 121 Å². The summed E-state index contributed by atoms with van der Waals surface area (Å²) in [5.74, 6) is 0.919. The summed E-state index contributed by atoms with van der Waals surface area (Å²) in [6, 6.07) is 7.82. The summed E-state index contributed by atoms with van der Waals surface area (Å²) in [5, 5.41) is 5.84. The first kappa shape index (κ1) is 16.5. The molecular weight excluding hydrogens is 254 g/mol. The predicted molar refractivity (Wildman–Crippen MR) is 80.9 cm³/mol. The molecule has 0 aromatic heterocycles. The number of carbonyl (C=O) groups excluding carboxylic acids is 1. The zero-order chi connectivity index (χ0) is 14.8. The standard InChI is InChI=1S/C15H25N3O2/c1-16-9-8-15(19)17-12-13-4-6-14(7-5-13)20-11-10-18(2)3/h4-7,16H,8-12H2,1-3H3,(H,17,19). The molecule has 5 nitrogen and oxygen atoms in total. The van der Waals surface area contributed by atoms with Crippen LogP contribution in [0.25, 0.3) is 0 Å². The molecule has 0 saturated carbocycles. The molecule has 0 bridgehead atoms. The normalized spacial score (nSPS) is 10.6. The van der Waals surface area contributed by atoms with E-state index in [-0.39, 0.29) is 5.91 Å². The van der Waals surface area contributed by atoms with Crippen LogP contribution >= 0.6 is 0 Å². The van der Waals surface area contributed by atoms with Crippen molar-refractivity contribution in [2.45, 2.75) is 13.0 Å². The van der Waals surface area contributed by atoms with E-state index in [2.05, 4.69) is 15.5 Å². The van der Waals surface area contributed by atoms with E-state index in [1.54, 1.807) is 0 Å². The summed E-state index contributed by atoms with van der Waals surface area (Å²) in [5.41, 5.74) is 1.07. The zero-order valence-electron chi connectivity index (χ0n) is 12.6. The third kappa shape index (κ3) is 7.11. The van der Waals surface area contributed by atoms with E-state index in [9.17, 15) is 4.79 Å². The number of amides is 1. The van der Waals surface area contributed by atoms with E-state index in [1.165, 1.54) is 0 Å². The second-order valence-corrected chi connectivity index (χ2v) is 4.93. The fourth-order valence-electron chi connectivity index (χ4n) is 1.58. The van der Waals surface area contributed by atoms with Gasteiger partial charge in [-0.2, -0.15) is 0 Å². The monoisotopic (exact) mass is 279 g/mol. The van der Waals surface area contributed by atoms with Crippen molar-refractivity contribution < 1.29 is 9.53 Å². The van der Waals surface area contributed by atoms with Gasteiger partial charge in [-0.15, -0.1) is 0 Å². The topological polar surface area (TPSA) is 53.6 Å². The molecule has 1 aromatic rings. The van der Waals surface area contributed by atoms with Gasteiger partial charge in [0.05, 0.1) is 0 Å². The highest BCUT2D eigenvalue weighted by molar-refractivity contribution is 5.76. The Balaban J connectivity index is 2.29. The lowest BCUT2D eigenvalue weighted by molar-refractivity contribution is -0.121. The average Bonchev–Trinajstić information content (AvgIpc) is 2.44. The molecule has 5 heteroatoms. The van der Waals surface area contributed by atoms with Crippen LogP contribution in [0.4, 0.5) is 0 Å². The first-order chi connectivity index (χ1) is 9.61. The lowest BCUT2D eigenvalue weighted by atomic mass is 10.2. The molecule has 0 atom stereocenters. The number of nitrogens with one attached hydrogen (secondary N) is 2. The summed E-state index contributed by atoms with van der Waals surface area (Å²) in [4.78, 5) is 13.5. The van der Waals surface area contributed by atoms with E-state index >= 15 is 0 Å². The van der Waals surface area contributed by atoms with Crippen molar-refractivity contribution >= 4 is 5.91 Å². The molecule has 0 saturated heterocycles. The van der Waals surface area contributed by atoms with Crippen LogP contribution in [0.1, 0.15) is 12.0 Å². The molecule has 0 heterocycles. The van der Waals surface area contributed by atoms with Gasteiger partial charge in [-0.05, 0) is 38.8 Å².